The van der Waals surface area contributed by atoms with Gasteiger partial charge in [-0.3, -0.25) is 5.11 Å². The van der Waals surface area contributed by atoms with Crippen LogP contribution in [0, 0.1) is 0 Å². The molecule has 2 nitrogen and oxygen atoms in total. The van der Waals surface area contributed by atoms with Gasteiger partial charge in [0.15, 0.2) is 5.75 Å². The maximum absolute atomic E-state index is 11.2. The number of benzene rings is 1. The molecule has 0 bridgehead atoms. The summed E-state index contributed by atoms with van der Waals surface area (Å²) >= 11 is 0. The minimum absolute atomic E-state index is 0.0866. The van der Waals surface area contributed by atoms with Gasteiger partial charge in [0, 0.05) is 11.1 Å². The Hall–Kier alpha value is -1.70. The molecule has 0 aromatic heterocycles. The van der Waals surface area contributed by atoms with Crippen LogP contribution in [0.25, 0.3) is 0 Å². The van der Waals surface area contributed by atoms with Gasteiger partial charge in [0.25, 0.3) is 0 Å². The molecule has 1 radical (unpaired) electrons. The zero-order valence-electron chi connectivity index (χ0n) is 7.99. The molecule has 0 aliphatic carbocycles. The first-order chi connectivity index (χ1) is 6.69. The number of rotatable bonds is 4. The lowest BCUT2D eigenvalue weighted by atomic mass is 10.0. The number of allylic oxidation sites excluding steroid dienone is 2. The average molecular weight is 189 g/mol. The summed E-state index contributed by atoms with van der Waals surface area (Å²) in [5, 5.41) is 21.0. The summed E-state index contributed by atoms with van der Waals surface area (Å²) in [5.74, 6) is 0.0981. The van der Waals surface area contributed by atoms with E-state index in [4.69, 9.17) is 0 Å². The third-order valence-electron chi connectivity index (χ3n) is 1.97. The van der Waals surface area contributed by atoms with Gasteiger partial charge in [-0.25, -0.2) is 0 Å². The minimum atomic E-state index is -0.0866. The predicted molar refractivity (Wildman–Crippen MR) is 56.0 cm³/mol. The van der Waals surface area contributed by atoms with Crippen LogP contribution in [0.4, 0.5) is 0 Å². The Balaban J connectivity index is 3.16. The Morgan fingerprint density at radius 3 is 1.93 bits per heavy atom. The molecule has 0 unspecified atom stereocenters. The van der Waals surface area contributed by atoms with Crippen LogP contribution >= 0.6 is 0 Å². The molecule has 1 aromatic rings. The lowest BCUT2D eigenvalue weighted by Gasteiger charge is -2.06. The molecule has 1 rings (SSSR count). The van der Waals surface area contributed by atoms with Crippen LogP contribution in [-0.2, 0) is 17.9 Å². The summed E-state index contributed by atoms with van der Waals surface area (Å²) < 4.78 is 0. The molecule has 0 heterocycles. The van der Waals surface area contributed by atoms with E-state index in [-0.39, 0.29) is 11.5 Å². The fourth-order valence-electron chi connectivity index (χ4n) is 1.35. The number of hydrogen-bond acceptors (Lipinski definition) is 1. The van der Waals surface area contributed by atoms with Gasteiger partial charge in [0.1, 0.15) is 5.75 Å². The molecule has 1 aromatic carbocycles. The van der Waals surface area contributed by atoms with Crippen LogP contribution < -0.4 is 0 Å². The normalized spacial score (nSPS) is 9.71. The van der Waals surface area contributed by atoms with Crippen molar-refractivity contribution in [3.8, 4) is 11.5 Å². The van der Waals surface area contributed by atoms with Gasteiger partial charge in [-0.05, 0) is 25.0 Å². The van der Waals surface area contributed by atoms with Crippen molar-refractivity contribution in [2.24, 2.45) is 0 Å². The van der Waals surface area contributed by atoms with Crippen molar-refractivity contribution in [3.05, 3.63) is 48.6 Å². The molecule has 0 aliphatic rings. The SMILES string of the molecule is C=CCc1cc([O])cc(CC=C)c1O. The standard InChI is InChI=1S/C12H13O2/c1-3-5-9-7-11(13)8-10(6-4-2)12(9)14/h3-4,7-8,14H,1-2,5-6H2. The molecular weight excluding hydrogens is 176 g/mol. The summed E-state index contributed by atoms with van der Waals surface area (Å²) in [6, 6.07) is 2.87. The van der Waals surface area contributed by atoms with Gasteiger partial charge in [0.2, 0.25) is 0 Å². The van der Waals surface area contributed by atoms with Crippen molar-refractivity contribution in [2.75, 3.05) is 0 Å². The molecule has 0 spiro atoms. The molecular formula is C12H13O2. The van der Waals surface area contributed by atoms with Gasteiger partial charge in [-0.1, -0.05) is 12.2 Å². The van der Waals surface area contributed by atoms with E-state index in [0.29, 0.717) is 24.0 Å². The maximum atomic E-state index is 11.2. The molecule has 0 saturated carbocycles. The molecule has 0 aliphatic heterocycles. The second-order valence-corrected chi connectivity index (χ2v) is 3.08. The lowest BCUT2D eigenvalue weighted by molar-refractivity contribution is 0.352. The van der Waals surface area contributed by atoms with Crippen LogP contribution in [0.3, 0.4) is 0 Å². The van der Waals surface area contributed by atoms with E-state index >= 15 is 0 Å². The Labute approximate surface area is 83.8 Å². The molecule has 0 atom stereocenters. The van der Waals surface area contributed by atoms with E-state index in [0.717, 1.165) is 0 Å². The van der Waals surface area contributed by atoms with Crippen LogP contribution in [0.1, 0.15) is 11.1 Å². The van der Waals surface area contributed by atoms with Crippen molar-refractivity contribution in [3.63, 3.8) is 0 Å². The monoisotopic (exact) mass is 189 g/mol. The average Bonchev–Trinajstić information content (AvgIpc) is 2.14. The van der Waals surface area contributed by atoms with Crippen molar-refractivity contribution < 1.29 is 10.2 Å². The van der Waals surface area contributed by atoms with E-state index < -0.39 is 0 Å². The third kappa shape index (κ3) is 2.16. The molecule has 1 N–H and O–H groups in total. The lowest BCUT2D eigenvalue weighted by Crippen LogP contribution is -1.89. The summed E-state index contributed by atoms with van der Waals surface area (Å²) in [4.78, 5) is 0. The molecule has 0 saturated heterocycles. The maximum Gasteiger partial charge on any atom is 0.179 e. The van der Waals surface area contributed by atoms with Gasteiger partial charge in [-0.2, -0.15) is 0 Å². The van der Waals surface area contributed by atoms with E-state index in [2.05, 4.69) is 13.2 Å². The first kappa shape index (κ1) is 10.4. The second-order valence-electron chi connectivity index (χ2n) is 3.08. The third-order valence-corrected chi connectivity index (χ3v) is 1.97. The Morgan fingerprint density at radius 1 is 1.14 bits per heavy atom. The van der Waals surface area contributed by atoms with Crippen LogP contribution in [0.2, 0.25) is 0 Å². The zero-order valence-corrected chi connectivity index (χ0v) is 7.99. The minimum Gasteiger partial charge on any atom is -0.507 e. The molecule has 14 heavy (non-hydrogen) atoms. The Kier molecular flexibility index (Phi) is 3.35. The highest BCUT2D eigenvalue weighted by Crippen LogP contribution is 2.29. The topological polar surface area (TPSA) is 40.1 Å². The van der Waals surface area contributed by atoms with E-state index in [1.807, 2.05) is 0 Å². The fourth-order valence-corrected chi connectivity index (χ4v) is 1.35. The quantitative estimate of drug-likeness (QED) is 0.726. The van der Waals surface area contributed by atoms with Crippen LogP contribution in [0.5, 0.6) is 11.5 Å². The number of aromatic hydroxyl groups is 1. The highest BCUT2D eigenvalue weighted by molar-refractivity contribution is 5.47. The summed E-state index contributed by atoms with van der Waals surface area (Å²) in [5.41, 5.74) is 1.26. The molecule has 0 fully saturated rings. The molecule has 0 amide bonds. The van der Waals surface area contributed by atoms with Crippen molar-refractivity contribution in [1.82, 2.24) is 0 Å². The van der Waals surface area contributed by atoms with Crippen molar-refractivity contribution in [2.45, 2.75) is 12.8 Å². The zero-order chi connectivity index (χ0) is 10.6. The van der Waals surface area contributed by atoms with Gasteiger partial charge in [-0.15, -0.1) is 13.2 Å². The van der Waals surface area contributed by atoms with Gasteiger partial charge < -0.3 is 5.11 Å². The Bertz CT molecular complexity index is 322. The van der Waals surface area contributed by atoms with Crippen molar-refractivity contribution >= 4 is 0 Å². The molecule has 2 heteroatoms. The van der Waals surface area contributed by atoms with Crippen LogP contribution in [0.15, 0.2) is 37.4 Å². The first-order valence-corrected chi connectivity index (χ1v) is 4.42. The summed E-state index contributed by atoms with van der Waals surface area (Å²) in [7, 11) is 0. The smallest absolute Gasteiger partial charge is 0.179 e. The predicted octanol–water partition coefficient (Wildman–Crippen LogP) is 2.99. The van der Waals surface area contributed by atoms with Crippen LogP contribution in [-0.4, -0.2) is 5.11 Å². The number of phenols is 1. The molecule has 73 valence electrons. The highest BCUT2D eigenvalue weighted by Gasteiger charge is 2.08. The number of hydrogen-bond donors (Lipinski definition) is 1. The highest BCUT2D eigenvalue weighted by atomic mass is 16.3. The summed E-state index contributed by atoms with van der Waals surface area (Å²) in [6.07, 6.45) is 4.33. The summed E-state index contributed by atoms with van der Waals surface area (Å²) in [6.45, 7) is 7.14. The van der Waals surface area contributed by atoms with E-state index in [1.165, 1.54) is 12.1 Å². The second kappa shape index (κ2) is 4.51. The number of phenolic OH excluding ortho intramolecular Hbond substituents is 1. The van der Waals surface area contributed by atoms with Crippen molar-refractivity contribution in [1.29, 1.82) is 0 Å². The van der Waals surface area contributed by atoms with Gasteiger partial charge >= 0.3 is 0 Å². The van der Waals surface area contributed by atoms with Gasteiger partial charge in [0.05, 0.1) is 0 Å². The largest absolute Gasteiger partial charge is 0.507 e. The fraction of sp³-hybridized carbons (Fsp3) is 0.167. The van der Waals surface area contributed by atoms with E-state index in [9.17, 15) is 10.2 Å². The Morgan fingerprint density at radius 2 is 1.57 bits per heavy atom. The van der Waals surface area contributed by atoms with E-state index in [1.54, 1.807) is 12.2 Å². The first-order valence-electron chi connectivity index (χ1n) is 4.42.